The summed E-state index contributed by atoms with van der Waals surface area (Å²) in [5.41, 5.74) is 4.28. The largest absolute Gasteiger partial charge is 0.465 e. The predicted molar refractivity (Wildman–Crippen MR) is 116 cm³/mol. The molecule has 0 fully saturated rings. The third kappa shape index (κ3) is 5.82. The molecule has 2 aromatic heterocycles. The highest BCUT2D eigenvalue weighted by atomic mass is 35.5. The van der Waals surface area contributed by atoms with Crippen LogP contribution in [-0.4, -0.2) is 32.6 Å². The fraction of sp³-hybridized carbons (Fsp3) is 0.200. The summed E-state index contributed by atoms with van der Waals surface area (Å²) < 4.78 is 7.19. The number of furan rings is 1. The van der Waals surface area contributed by atoms with Crippen LogP contribution in [0.2, 0.25) is 5.02 Å². The molecular formula is C20H20ClN5O2S. The van der Waals surface area contributed by atoms with Crippen LogP contribution >= 0.6 is 23.4 Å². The van der Waals surface area contributed by atoms with E-state index in [0.29, 0.717) is 16.7 Å². The van der Waals surface area contributed by atoms with Crippen molar-refractivity contribution in [1.29, 1.82) is 0 Å². The quantitative estimate of drug-likeness (QED) is 0.323. The normalized spacial score (nSPS) is 11.9. The van der Waals surface area contributed by atoms with E-state index in [2.05, 4.69) is 20.7 Å². The maximum absolute atomic E-state index is 12.1. The predicted octanol–water partition coefficient (Wildman–Crippen LogP) is 4.51. The van der Waals surface area contributed by atoms with Gasteiger partial charge in [0, 0.05) is 17.1 Å². The second-order valence-electron chi connectivity index (χ2n) is 6.04. The van der Waals surface area contributed by atoms with Crippen molar-refractivity contribution in [2.24, 2.45) is 5.10 Å². The zero-order valence-corrected chi connectivity index (χ0v) is 17.6. The van der Waals surface area contributed by atoms with E-state index < -0.39 is 0 Å². The van der Waals surface area contributed by atoms with Gasteiger partial charge < -0.3 is 8.98 Å². The fourth-order valence-corrected chi connectivity index (χ4v) is 3.42. The van der Waals surface area contributed by atoms with E-state index in [9.17, 15) is 4.79 Å². The first kappa shape index (κ1) is 20.9. The zero-order valence-electron chi connectivity index (χ0n) is 16.0. The van der Waals surface area contributed by atoms with Crippen molar-refractivity contribution >= 4 is 41.6 Å². The van der Waals surface area contributed by atoms with Crippen LogP contribution in [0.15, 0.2) is 62.9 Å². The number of nitrogens with zero attached hydrogens (tertiary/aromatic N) is 4. The number of hydrogen-bond acceptors (Lipinski definition) is 6. The highest BCUT2D eigenvalue weighted by molar-refractivity contribution is 7.99. The Morgan fingerprint density at radius 3 is 2.79 bits per heavy atom. The molecule has 29 heavy (non-hydrogen) atoms. The Labute approximate surface area is 177 Å². The Hall–Kier alpha value is -2.84. The lowest BCUT2D eigenvalue weighted by atomic mass is 10.2. The minimum absolute atomic E-state index is 0.178. The molecule has 1 N–H and O–H groups in total. The van der Waals surface area contributed by atoms with Gasteiger partial charge in [-0.1, -0.05) is 23.4 Å². The zero-order chi connectivity index (χ0) is 20.6. The highest BCUT2D eigenvalue weighted by Gasteiger charge is 2.14. The third-order valence-corrected chi connectivity index (χ3v) is 5.06. The lowest BCUT2D eigenvalue weighted by Gasteiger charge is -2.07. The molecule has 0 aliphatic carbocycles. The van der Waals surface area contributed by atoms with E-state index in [4.69, 9.17) is 16.0 Å². The molecule has 0 saturated carbocycles. The van der Waals surface area contributed by atoms with Gasteiger partial charge in [-0.05, 0) is 61.9 Å². The Balaban J connectivity index is 1.56. The molecule has 0 aliphatic rings. The van der Waals surface area contributed by atoms with E-state index in [1.54, 1.807) is 12.5 Å². The van der Waals surface area contributed by atoms with Crippen molar-refractivity contribution in [1.82, 2.24) is 20.2 Å². The fourth-order valence-electron chi connectivity index (χ4n) is 2.50. The molecular weight excluding hydrogens is 410 g/mol. The average Bonchev–Trinajstić information content (AvgIpc) is 3.36. The Morgan fingerprint density at radius 2 is 2.10 bits per heavy atom. The maximum Gasteiger partial charge on any atom is 0.250 e. The van der Waals surface area contributed by atoms with Crippen LogP contribution in [0.3, 0.4) is 0 Å². The van der Waals surface area contributed by atoms with E-state index in [1.165, 1.54) is 11.8 Å². The molecule has 7 nitrogen and oxygen atoms in total. The van der Waals surface area contributed by atoms with E-state index in [-0.39, 0.29) is 11.7 Å². The number of carbonyl (C=O) groups excluding carboxylic acids is 1. The van der Waals surface area contributed by atoms with E-state index in [1.807, 2.05) is 60.9 Å². The molecule has 9 heteroatoms. The number of amides is 1. The molecule has 0 aliphatic heterocycles. The summed E-state index contributed by atoms with van der Waals surface area (Å²) in [5, 5.41) is 13.8. The number of benzene rings is 1. The molecule has 3 rings (SSSR count). The number of aromatic nitrogens is 3. The minimum Gasteiger partial charge on any atom is -0.465 e. The van der Waals surface area contributed by atoms with Gasteiger partial charge in [0.1, 0.15) is 5.76 Å². The van der Waals surface area contributed by atoms with Gasteiger partial charge in [-0.25, -0.2) is 5.43 Å². The van der Waals surface area contributed by atoms with Crippen molar-refractivity contribution in [3.05, 3.63) is 59.0 Å². The van der Waals surface area contributed by atoms with Gasteiger partial charge in [-0.3, -0.25) is 4.79 Å². The standard InChI is InChI=1S/C20H20ClN5O2S/c1-3-26-19(15-6-8-16(21)9-7-15)24-25-20(26)29-13-18(27)23-22-12-14(2)11-17-5-4-10-28-17/h4-12H,3,13H2,1-2H3,(H,23,27)/b14-11+,22-12-. The molecule has 1 amide bonds. The number of carbonyl (C=O) groups is 1. The number of hydrazone groups is 1. The summed E-state index contributed by atoms with van der Waals surface area (Å²) in [5.74, 6) is 1.42. The van der Waals surface area contributed by atoms with Gasteiger partial charge in [0.25, 0.3) is 5.91 Å². The summed E-state index contributed by atoms with van der Waals surface area (Å²) in [6.45, 7) is 4.56. The average molecular weight is 430 g/mol. The summed E-state index contributed by atoms with van der Waals surface area (Å²) in [7, 11) is 0. The summed E-state index contributed by atoms with van der Waals surface area (Å²) in [4.78, 5) is 12.1. The summed E-state index contributed by atoms with van der Waals surface area (Å²) in [6.07, 6.45) is 4.99. The topological polar surface area (TPSA) is 85.3 Å². The molecule has 0 saturated heterocycles. The molecule has 150 valence electrons. The van der Waals surface area contributed by atoms with Crippen LogP contribution in [0.25, 0.3) is 17.5 Å². The van der Waals surface area contributed by atoms with Gasteiger partial charge in [0.2, 0.25) is 0 Å². The van der Waals surface area contributed by atoms with Crippen LogP contribution in [0.4, 0.5) is 0 Å². The first-order chi connectivity index (χ1) is 14.1. The SMILES string of the molecule is CCn1c(SCC(=O)N/N=C\C(C)=C\c2ccco2)nnc1-c1ccc(Cl)cc1. The van der Waals surface area contributed by atoms with Crippen LogP contribution in [0.5, 0.6) is 0 Å². The van der Waals surface area contributed by atoms with Gasteiger partial charge >= 0.3 is 0 Å². The molecule has 0 unspecified atom stereocenters. The van der Waals surface area contributed by atoms with Crippen molar-refractivity contribution < 1.29 is 9.21 Å². The minimum atomic E-state index is -0.226. The Kier molecular flexibility index (Phi) is 7.26. The van der Waals surface area contributed by atoms with Crippen LogP contribution < -0.4 is 5.43 Å². The van der Waals surface area contributed by atoms with Crippen molar-refractivity contribution in [3.8, 4) is 11.4 Å². The molecule has 1 aromatic carbocycles. The van der Waals surface area contributed by atoms with Crippen LogP contribution in [0, 0.1) is 0 Å². The smallest absolute Gasteiger partial charge is 0.250 e. The molecule has 0 spiro atoms. The van der Waals surface area contributed by atoms with Gasteiger partial charge in [-0.15, -0.1) is 10.2 Å². The molecule has 0 radical (unpaired) electrons. The number of nitrogens with one attached hydrogen (secondary N) is 1. The second-order valence-corrected chi connectivity index (χ2v) is 7.42. The lowest BCUT2D eigenvalue weighted by Crippen LogP contribution is -2.20. The molecule has 0 bridgehead atoms. The van der Waals surface area contributed by atoms with Crippen LogP contribution in [0.1, 0.15) is 19.6 Å². The first-order valence-corrected chi connectivity index (χ1v) is 10.3. The van der Waals surface area contributed by atoms with E-state index in [0.717, 1.165) is 22.7 Å². The number of thioether (sulfide) groups is 1. The third-order valence-electron chi connectivity index (χ3n) is 3.84. The van der Waals surface area contributed by atoms with E-state index >= 15 is 0 Å². The van der Waals surface area contributed by atoms with Gasteiger partial charge in [-0.2, -0.15) is 5.10 Å². The van der Waals surface area contributed by atoms with Crippen molar-refractivity contribution in [2.45, 2.75) is 25.5 Å². The second kappa shape index (κ2) is 10.1. The van der Waals surface area contributed by atoms with Gasteiger partial charge in [0.15, 0.2) is 11.0 Å². The number of hydrogen-bond donors (Lipinski definition) is 1. The van der Waals surface area contributed by atoms with Crippen LogP contribution in [-0.2, 0) is 11.3 Å². The van der Waals surface area contributed by atoms with Gasteiger partial charge in [0.05, 0.1) is 18.2 Å². The molecule has 3 aromatic rings. The summed E-state index contributed by atoms with van der Waals surface area (Å²) >= 11 is 7.26. The monoisotopic (exact) mass is 429 g/mol. The number of halogens is 1. The van der Waals surface area contributed by atoms with Crippen molar-refractivity contribution in [2.75, 3.05) is 5.75 Å². The summed E-state index contributed by atoms with van der Waals surface area (Å²) in [6, 6.07) is 11.1. The Morgan fingerprint density at radius 1 is 1.31 bits per heavy atom. The molecule has 2 heterocycles. The molecule has 0 atom stereocenters. The number of allylic oxidation sites excluding steroid dienone is 1. The van der Waals surface area contributed by atoms with Crippen molar-refractivity contribution in [3.63, 3.8) is 0 Å². The first-order valence-electron chi connectivity index (χ1n) is 8.92. The highest BCUT2D eigenvalue weighted by Crippen LogP contribution is 2.25. The lowest BCUT2D eigenvalue weighted by molar-refractivity contribution is -0.118. The maximum atomic E-state index is 12.1. The number of rotatable bonds is 8. The Bertz CT molecular complexity index is 1010.